The third-order valence-corrected chi connectivity index (χ3v) is 7.35. The van der Waals surface area contributed by atoms with Crippen LogP contribution in [-0.4, -0.2) is 34.6 Å². The Balaban J connectivity index is 1.72. The number of nitrogens with zero attached hydrogens (tertiary/aromatic N) is 2. The molecule has 2 aliphatic rings. The van der Waals surface area contributed by atoms with E-state index in [4.69, 9.17) is 14.9 Å². The van der Waals surface area contributed by atoms with Gasteiger partial charge in [0.15, 0.2) is 5.75 Å². The van der Waals surface area contributed by atoms with Crippen LogP contribution in [0.1, 0.15) is 19.8 Å². The number of anilines is 1. The van der Waals surface area contributed by atoms with Crippen molar-refractivity contribution in [2.75, 3.05) is 29.8 Å². The van der Waals surface area contributed by atoms with Gasteiger partial charge in [0.1, 0.15) is 29.3 Å². The van der Waals surface area contributed by atoms with Crippen LogP contribution in [0.5, 0.6) is 11.5 Å². The van der Waals surface area contributed by atoms with Gasteiger partial charge in [0.2, 0.25) is 0 Å². The van der Waals surface area contributed by atoms with Crippen LogP contribution < -0.4 is 19.3 Å². The molecule has 0 saturated heterocycles. The molecule has 1 aliphatic carbocycles. The topological polar surface area (TPSA) is 73.5 Å². The highest BCUT2D eigenvalue weighted by Crippen LogP contribution is 2.45. The maximum Gasteiger partial charge on any atom is 0.150 e. The van der Waals surface area contributed by atoms with E-state index in [9.17, 15) is 4.55 Å². The van der Waals surface area contributed by atoms with Crippen molar-refractivity contribution in [2.45, 2.75) is 19.8 Å². The van der Waals surface area contributed by atoms with Crippen LogP contribution in [0.4, 0.5) is 5.69 Å². The highest BCUT2D eigenvalue weighted by molar-refractivity contribution is 7.92. The van der Waals surface area contributed by atoms with E-state index in [0.29, 0.717) is 42.7 Å². The van der Waals surface area contributed by atoms with Gasteiger partial charge in [-0.3, -0.25) is 5.41 Å². The first kappa shape index (κ1) is 20.3. The number of benzene rings is 2. The molecule has 1 unspecified atom stereocenters. The lowest BCUT2D eigenvalue weighted by Gasteiger charge is -2.31. The number of aryl methyl sites for hydroxylation is 1. The average molecular weight is 438 g/mol. The molecule has 2 heterocycles. The standard InChI is InChI=1S/C24H27N3O3S/c1-3-31(28)27-10-11-29-23-13-22(30-15-16-8-9-16)19(12-21(23)27)20-14-26(2)24(25)18-7-5-4-6-17(18)20/h4-7,12-14,16,25H,3,8-11,15H2,1-2H3. The summed E-state index contributed by atoms with van der Waals surface area (Å²) in [6.45, 7) is 3.72. The summed E-state index contributed by atoms with van der Waals surface area (Å²) in [5.74, 6) is 2.67. The number of nitrogens with one attached hydrogen (secondary N) is 1. The van der Waals surface area contributed by atoms with Crippen LogP contribution in [0.15, 0.2) is 42.6 Å². The van der Waals surface area contributed by atoms with E-state index >= 15 is 0 Å². The monoisotopic (exact) mass is 437 g/mol. The molecule has 0 radical (unpaired) electrons. The highest BCUT2D eigenvalue weighted by atomic mass is 32.2. The van der Waals surface area contributed by atoms with Crippen molar-refractivity contribution in [1.29, 1.82) is 5.41 Å². The zero-order chi connectivity index (χ0) is 21.5. The molecule has 1 N–H and O–H groups in total. The number of fused-ring (bicyclic) bond motifs is 2. The van der Waals surface area contributed by atoms with Crippen molar-refractivity contribution < 1.29 is 14.0 Å². The lowest BCUT2D eigenvalue weighted by molar-refractivity contribution is 0.291. The van der Waals surface area contributed by atoms with E-state index in [2.05, 4.69) is 6.07 Å². The van der Waals surface area contributed by atoms with Gasteiger partial charge in [0, 0.05) is 35.8 Å². The van der Waals surface area contributed by atoms with Crippen LogP contribution >= 0.6 is 0 Å². The molecular weight excluding hydrogens is 410 g/mol. The van der Waals surface area contributed by atoms with Crippen molar-refractivity contribution in [3.8, 4) is 22.6 Å². The highest BCUT2D eigenvalue weighted by Gasteiger charge is 2.30. The number of hydrogen-bond acceptors (Lipinski definition) is 5. The van der Waals surface area contributed by atoms with Crippen molar-refractivity contribution in [3.63, 3.8) is 0 Å². The summed E-state index contributed by atoms with van der Waals surface area (Å²) in [7, 11) is 1.89. The number of rotatable bonds is 6. The number of aromatic nitrogens is 1. The zero-order valence-corrected chi connectivity index (χ0v) is 18.7. The van der Waals surface area contributed by atoms with E-state index in [1.54, 1.807) is 0 Å². The van der Waals surface area contributed by atoms with E-state index < -0.39 is 11.4 Å². The van der Waals surface area contributed by atoms with Gasteiger partial charge < -0.3 is 18.6 Å². The van der Waals surface area contributed by atoms with Gasteiger partial charge in [0.25, 0.3) is 0 Å². The fourth-order valence-corrected chi connectivity index (χ4v) is 5.02. The largest absolute Gasteiger partial charge is 0.593 e. The van der Waals surface area contributed by atoms with Crippen LogP contribution in [0.3, 0.4) is 0 Å². The fourth-order valence-electron chi connectivity index (χ4n) is 4.07. The Labute approximate surface area is 185 Å². The van der Waals surface area contributed by atoms with Gasteiger partial charge in [-0.05, 0) is 37.1 Å². The summed E-state index contributed by atoms with van der Waals surface area (Å²) in [5, 5.41) is 10.4. The van der Waals surface area contributed by atoms with Gasteiger partial charge in [-0.1, -0.05) is 24.3 Å². The quantitative estimate of drug-likeness (QED) is 0.592. The number of pyridine rings is 1. The average Bonchev–Trinajstić information content (AvgIpc) is 3.63. The molecule has 0 spiro atoms. The number of hydrogen-bond donors (Lipinski definition) is 1. The molecule has 0 bridgehead atoms. The smallest absolute Gasteiger partial charge is 0.150 e. The van der Waals surface area contributed by atoms with Gasteiger partial charge >= 0.3 is 0 Å². The van der Waals surface area contributed by atoms with E-state index in [0.717, 1.165) is 33.3 Å². The maximum absolute atomic E-state index is 12.7. The molecule has 1 fully saturated rings. The Kier molecular flexibility index (Phi) is 5.32. The number of ether oxygens (including phenoxy) is 2. The van der Waals surface area contributed by atoms with Crippen LogP contribution in [0.25, 0.3) is 21.9 Å². The minimum absolute atomic E-state index is 0.467. The van der Waals surface area contributed by atoms with Crippen molar-refractivity contribution in [2.24, 2.45) is 13.0 Å². The molecule has 162 valence electrons. The van der Waals surface area contributed by atoms with Crippen molar-refractivity contribution in [1.82, 2.24) is 4.57 Å². The SMILES string of the molecule is CC[S+]([O-])N1CCOc2cc(OCC3CC3)c(-c3cn(C)c(=N)c4ccccc34)cc21. The molecule has 7 heteroatoms. The van der Waals surface area contributed by atoms with Gasteiger partial charge in [-0.2, -0.15) is 4.31 Å². The zero-order valence-electron chi connectivity index (χ0n) is 17.9. The van der Waals surface area contributed by atoms with Gasteiger partial charge in [-0.25, -0.2) is 0 Å². The summed E-state index contributed by atoms with van der Waals surface area (Å²) in [4.78, 5) is 0. The van der Waals surface area contributed by atoms with Crippen LogP contribution in [0, 0.1) is 11.3 Å². The first-order chi connectivity index (χ1) is 15.1. The summed E-state index contributed by atoms with van der Waals surface area (Å²) in [6.07, 6.45) is 4.41. The predicted molar refractivity (Wildman–Crippen MR) is 124 cm³/mol. The molecule has 2 aromatic carbocycles. The molecular formula is C24H27N3O3S. The molecule has 1 saturated carbocycles. The Morgan fingerprint density at radius 3 is 2.71 bits per heavy atom. The molecule has 31 heavy (non-hydrogen) atoms. The van der Waals surface area contributed by atoms with Gasteiger partial charge in [-0.15, -0.1) is 0 Å². The van der Waals surface area contributed by atoms with Crippen LogP contribution in [0.2, 0.25) is 0 Å². The van der Waals surface area contributed by atoms with E-state index in [1.165, 1.54) is 12.8 Å². The second-order valence-electron chi connectivity index (χ2n) is 8.18. The Hall–Kier alpha value is -2.64. The fraction of sp³-hybridized carbons (Fsp3) is 0.375. The normalized spacial score (nSPS) is 16.7. The second kappa shape index (κ2) is 8.13. The molecule has 1 aliphatic heterocycles. The van der Waals surface area contributed by atoms with E-state index in [1.807, 2.05) is 59.4 Å². The summed E-state index contributed by atoms with van der Waals surface area (Å²) < 4.78 is 28.7. The van der Waals surface area contributed by atoms with Crippen molar-refractivity contribution in [3.05, 3.63) is 48.1 Å². The summed E-state index contributed by atoms with van der Waals surface area (Å²) >= 11 is -1.11. The third kappa shape index (κ3) is 3.77. The van der Waals surface area contributed by atoms with Gasteiger partial charge in [0.05, 0.1) is 24.5 Å². The molecule has 6 nitrogen and oxygen atoms in total. The summed E-state index contributed by atoms with van der Waals surface area (Å²) in [5.41, 5.74) is 3.24. The van der Waals surface area contributed by atoms with Crippen molar-refractivity contribution >= 4 is 27.8 Å². The van der Waals surface area contributed by atoms with Crippen LogP contribution in [-0.2, 0) is 18.4 Å². The Bertz CT molecular complexity index is 1190. The van der Waals surface area contributed by atoms with E-state index in [-0.39, 0.29) is 0 Å². The first-order valence-electron chi connectivity index (χ1n) is 10.8. The minimum Gasteiger partial charge on any atom is -0.593 e. The molecule has 0 amide bonds. The minimum atomic E-state index is -1.11. The molecule has 1 atom stereocenters. The second-order valence-corrected chi connectivity index (χ2v) is 9.84. The Morgan fingerprint density at radius 1 is 1.19 bits per heavy atom. The Morgan fingerprint density at radius 2 is 1.97 bits per heavy atom. The lowest BCUT2D eigenvalue weighted by Crippen LogP contribution is -2.38. The molecule has 5 rings (SSSR count). The third-order valence-electron chi connectivity index (χ3n) is 5.98. The lowest BCUT2D eigenvalue weighted by atomic mass is 9.98. The maximum atomic E-state index is 12.7. The predicted octanol–water partition coefficient (Wildman–Crippen LogP) is 4.00. The summed E-state index contributed by atoms with van der Waals surface area (Å²) in [6, 6.07) is 12.0. The molecule has 3 aromatic rings. The molecule has 1 aromatic heterocycles. The first-order valence-corrected chi connectivity index (χ1v) is 12.1.